The molecule has 14 heavy (non-hydrogen) atoms. The van der Waals surface area contributed by atoms with E-state index in [-0.39, 0.29) is 0 Å². The molecule has 0 atom stereocenters. The first-order valence-electron chi connectivity index (χ1n) is 5.06. The fourth-order valence-corrected chi connectivity index (χ4v) is 1.10. The molecule has 0 saturated heterocycles. The van der Waals surface area contributed by atoms with Crippen LogP contribution in [0.25, 0.3) is 0 Å². The van der Waals surface area contributed by atoms with Gasteiger partial charge in [0.2, 0.25) is 0 Å². The molecule has 0 aromatic rings. The Labute approximate surface area is 87.6 Å². The summed E-state index contributed by atoms with van der Waals surface area (Å²) in [6, 6.07) is 0. The van der Waals surface area contributed by atoms with Gasteiger partial charge in [0, 0.05) is 34.8 Å². The summed E-state index contributed by atoms with van der Waals surface area (Å²) < 4.78 is 5.36. The average molecular weight is 201 g/mol. The normalized spacial score (nSPS) is 9.79. The van der Waals surface area contributed by atoms with Crippen molar-refractivity contribution in [1.82, 2.24) is 9.80 Å². The first-order valence-corrected chi connectivity index (χ1v) is 5.06. The molecule has 0 N–H and O–H groups in total. The maximum Gasteiger partial charge on any atom is 0.197 e. The zero-order valence-corrected chi connectivity index (χ0v) is 10.1. The first-order chi connectivity index (χ1) is 6.59. The molecule has 0 aliphatic heterocycles. The van der Waals surface area contributed by atoms with Crippen molar-refractivity contribution in [3.05, 3.63) is 0 Å². The van der Waals surface area contributed by atoms with E-state index < -0.39 is 0 Å². The Balaban J connectivity index is 3.80. The summed E-state index contributed by atoms with van der Waals surface area (Å²) in [4.78, 5) is 8.29. The van der Waals surface area contributed by atoms with Gasteiger partial charge in [0.25, 0.3) is 0 Å². The monoisotopic (exact) mass is 201 g/mol. The molecule has 0 aromatic heterocycles. The molecule has 4 heteroatoms. The van der Waals surface area contributed by atoms with Gasteiger partial charge in [-0.05, 0) is 6.42 Å². The second-order valence-corrected chi connectivity index (χ2v) is 3.64. The topological polar surface area (TPSA) is 28.1 Å². The second kappa shape index (κ2) is 7.62. The van der Waals surface area contributed by atoms with Crippen molar-refractivity contribution in [2.45, 2.75) is 19.8 Å². The Morgan fingerprint density at radius 1 is 1.14 bits per heavy atom. The molecule has 0 fully saturated rings. The number of hydrogen-bond acceptors (Lipinski definition) is 2. The van der Waals surface area contributed by atoms with Gasteiger partial charge in [0.05, 0.1) is 0 Å². The molecule has 0 rings (SSSR count). The van der Waals surface area contributed by atoms with E-state index >= 15 is 0 Å². The third kappa shape index (κ3) is 5.80. The highest BCUT2D eigenvalue weighted by Gasteiger charge is 2.02. The number of unbranched alkanes of at least 4 members (excludes halogenated alkanes) is 1. The van der Waals surface area contributed by atoms with E-state index in [2.05, 4.69) is 11.9 Å². The van der Waals surface area contributed by atoms with Crippen molar-refractivity contribution in [3.8, 4) is 0 Å². The van der Waals surface area contributed by atoms with E-state index in [1.54, 1.807) is 0 Å². The highest BCUT2D eigenvalue weighted by molar-refractivity contribution is 5.78. The first kappa shape index (κ1) is 13.2. The lowest BCUT2D eigenvalue weighted by atomic mass is 10.4. The van der Waals surface area contributed by atoms with Gasteiger partial charge in [-0.2, -0.15) is 0 Å². The lowest BCUT2D eigenvalue weighted by Gasteiger charge is -2.22. The number of hydrogen-bond donors (Lipinski definition) is 0. The van der Waals surface area contributed by atoms with E-state index in [0.29, 0.717) is 6.73 Å². The van der Waals surface area contributed by atoms with Crippen LogP contribution in [0.5, 0.6) is 0 Å². The van der Waals surface area contributed by atoms with Crippen LogP contribution in [0.4, 0.5) is 0 Å². The van der Waals surface area contributed by atoms with Gasteiger partial charge in [-0.3, -0.25) is 0 Å². The minimum atomic E-state index is 0.450. The van der Waals surface area contributed by atoms with E-state index in [0.717, 1.165) is 25.4 Å². The fraction of sp³-hybridized carbons (Fsp3) is 0.900. The molecular weight excluding hydrogens is 178 g/mol. The van der Waals surface area contributed by atoms with E-state index in [1.165, 1.54) is 0 Å². The second-order valence-electron chi connectivity index (χ2n) is 3.64. The van der Waals surface area contributed by atoms with Crippen LogP contribution < -0.4 is 0 Å². The van der Waals surface area contributed by atoms with Crippen LogP contribution in [-0.4, -0.2) is 57.3 Å². The SMILES string of the molecule is CCCCOCN=C(N(C)C)N(C)C. The van der Waals surface area contributed by atoms with Crippen molar-refractivity contribution < 1.29 is 4.74 Å². The highest BCUT2D eigenvalue weighted by atomic mass is 16.5. The number of ether oxygens (including phenoxy) is 1. The van der Waals surface area contributed by atoms with Gasteiger partial charge in [-0.1, -0.05) is 13.3 Å². The third-order valence-corrected chi connectivity index (χ3v) is 1.74. The summed E-state index contributed by atoms with van der Waals surface area (Å²) in [5, 5.41) is 0. The number of rotatable bonds is 5. The molecular formula is C10H23N3O. The highest BCUT2D eigenvalue weighted by Crippen LogP contribution is 1.91. The molecule has 84 valence electrons. The zero-order valence-electron chi connectivity index (χ0n) is 10.1. The number of guanidine groups is 1. The van der Waals surface area contributed by atoms with Crippen molar-refractivity contribution in [1.29, 1.82) is 0 Å². The summed E-state index contributed by atoms with van der Waals surface area (Å²) in [6.45, 7) is 3.40. The van der Waals surface area contributed by atoms with Gasteiger partial charge in [0.15, 0.2) is 5.96 Å². The van der Waals surface area contributed by atoms with Crippen LogP contribution in [0.2, 0.25) is 0 Å². The van der Waals surface area contributed by atoms with Crippen molar-refractivity contribution in [2.75, 3.05) is 41.5 Å². The molecule has 0 heterocycles. The van der Waals surface area contributed by atoms with Gasteiger partial charge >= 0.3 is 0 Å². The van der Waals surface area contributed by atoms with Crippen molar-refractivity contribution in [2.24, 2.45) is 4.99 Å². The molecule has 0 aliphatic rings. The predicted octanol–water partition coefficient (Wildman–Crippen LogP) is 1.24. The van der Waals surface area contributed by atoms with Gasteiger partial charge in [-0.15, -0.1) is 0 Å². The number of nitrogens with zero attached hydrogens (tertiary/aromatic N) is 3. The summed E-state index contributed by atoms with van der Waals surface area (Å²) in [6.07, 6.45) is 2.27. The Hall–Kier alpha value is -0.770. The molecule has 0 spiro atoms. The largest absolute Gasteiger partial charge is 0.359 e. The quantitative estimate of drug-likeness (QED) is 0.380. The van der Waals surface area contributed by atoms with Crippen LogP contribution in [0, 0.1) is 0 Å². The predicted molar refractivity (Wildman–Crippen MR) is 60.5 cm³/mol. The Bertz CT molecular complexity index is 157. The van der Waals surface area contributed by atoms with Crippen LogP contribution >= 0.6 is 0 Å². The average Bonchev–Trinajstić information content (AvgIpc) is 2.09. The standard InChI is InChI=1S/C10H23N3O/c1-6-7-8-14-9-11-10(12(2)3)13(4)5/h6-9H2,1-5H3. The summed E-state index contributed by atoms with van der Waals surface area (Å²) in [5.41, 5.74) is 0. The number of aliphatic imine (C=N–C) groups is 1. The van der Waals surface area contributed by atoms with Crippen LogP contribution in [0.1, 0.15) is 19.8 Å². The molecule has 0 unspecified atom stereocenters. The van der Waals surface area contributed by atoms with Crippen LogP contribution in [0.3, 0.4) is 0 Å². The maximum atomic E-state index is 5.36. The summed E-state index contributed by atoms with van der Waals surface area (Å²) in [7, 11) is 7.91. The van der Waals surface area contributed by atoms with E-state index in [4.69, 9.17) is 4.74 Å². The molecule has 0 amide bonds. The van der Waals surface area contributed by atoms with E-state index in [1.807, 2.05) is 38.0 Å². The molecule has 0 aliphatic carbocycles. The Kier molecular flexibility index (Phi) is 7.20. The molecule has 0 radical (unpaired) electrons. The zero-order chi connectivity index (χ0) is 11.0. The third-order valence-electron chi connectivity index (χ3n) is 1.74. The Morgan fingerprint density at radius 2 is 1.71 bits per heavy atom. The lowest BCUT2D eigenvalue weighted by molar-refractivity contribution is 0.137. The van der Waals surface area contributed by atoms with Gasteiger partial charge < -0.3 is 14.5 Å². The van der Waals surface area contributed by atoms with Gasteiger partial charge in [0.1, 0.15) is 6.73 Å². The molecule has 0 bridgehead atoms. The Morgan fingerprint density at radius 3 is 2.14 bits per heavy atom. The lowest BCUT2D eigenvalue weighted by Crippen LogP contribution is -2.35. The van der Waals surface area contributed by atoms with Crippen LogP contribution in [0.15, 0.2) is 4.99 Å². The van der Waals surface area contributed by atoms with Crippen LogP contribution in [-0.2, 0) is 4.74 Å². The minimum Gasteiger partial charge on any atom is -0.359 e. The molecule has 0 saturated carbocycles. The fourth-order valence-electron chi connectivity index (χ4n) is 1.10. The van der Waals surface area contributed by atoms with Crippen molar-refractivity contribution >= 4 is 5.96 Å². The maximum absolute atomic E-state index is 5.36. The summed E-state index contributed by atoms with van der Waals surface area (Å²) >= 11 is 0. The van der Waals surface area contributed by atoms with E-state index in [9.17, 15) is 0 Å². The summed E-state index contributed by atoms with van der Waals surface area (Å²) in [5.74, 6) is 0.932. The molecule has 0 aromatic carbocycles. The molecule has 4 nitrogen and oxygen atoms in total. The van der Waals surface area contributed by atoms with Gasteiger partial charge in [-0.25, -0.2) is 4.99 Å². The minimum absolute atomic E-state index is 0.450. The van der Waals surface area contributed by atoms with Crippen molar-refractivity contribution in [3.63, 3.8) is 0 Å². The smallest absolute Gasteiger partial charge is 0.197 e.